The maximum atomic E-state index is 5.72. The Labute approximate surface area is 125 Å². The molecule has 2 aromatic heterocycles. The Balaban J connectivity index is 1.95. The molecule has 0 spiro atoms. The molecule has 0 amide bonds. The van der Waals surface area contributed by atoms with Crippen molar-refractivity contribution < 1.29 is 0 Å². The van der Waals surface area contributed by atoms with Gasteiger partial charge in [-0.25, -0.2) is 4.98 Å². The highest BCUT2D eigenvalue weighted by Crippen LogP contribution is 2.21. The van der Waals surface area contributed by atoms with E-state index in [0.717, 1.165) is 25.0 Å². The highest BCUT2D eigenvalue weighted by Gasteiger charge is 2.09. The van der Waals surface area contributed by atoms with Crippen LogP contribution in [0.2, 0.25) is 0 Å². The summed E-state index contributed by atoms with van der Waals surface area (Å²) >= 11 is 0. The lowest BCUT2D eigenvalue weighted by molar-refractivity contribution is 0.816. The van der Waals surface area contributed by atoms with Crippen molar-refractivity contribution >= 4 is 11.0 Å². The second kappa shape index (κ2) is 6.10. The third kappa shape index (κ3) is 2.83. The molecule has 0 aliphatic rings. The standard InChI is InChI=1S/C18H21N3/c1-2-14-5-7-15(8-6-14)12-21-13-16(9-10-19)17-4-3-11-20-18(17)21/h3-8,11,13H,2,9-10,12,19H2,1H3. The molecule has 3 aromatic rings. The average Bonchev–Trinajstić information content (AvgIpc) is 2.87. The lowest BCUT2D eigenvalue weighted by Crippen LogP contribution is -2.02. The van der Waals surface area contributed by atoms with Crippen LogP contribution in [-0.4, -0.2) is 16.1 Å². The third-order valence-electron chi connectivity index (χ3n) is 3.91. The van der Waals surface area contributed by atoms with Crippen molar-refractivity contribution in [1.29, 1.82) is 0 Å². The number of aryl methyl sites for hydroxylation is 1. The van der Waals surface area contributed by atoms with Gasteiger partial charge in [0.25, 0.3) is 0 Å². The van der Waals surface area contributed by atoms with E-state index in [4.69, 9.17) is 5.73 Å². The molecule has 0 aliphatic carbocycles. The largest absolute Gasteiger partial charge is 0.330 e. The van der Waals surface area contributed by atoms with E-state index < -0.39 is 0 Å². The minimum Gasteiger partial charge on any atom is -0.330 e. The van der Waals surface area contributed by atoms with Crippen LogP contribution < -0.4 is 5.73 Å². The van der Waals surface area contributed by atoms with E-state index in [2.05, 4.69) is 53.0 Å². The fourth-order valence-electron chi connectivity index (χ4n) is 2.75. The van der Waals surface area contributed by atoms with Crippen LogP contribution in [0.5, 0.6) is 0 Å². The molecule has 0 radical (unpaired) electrons. The Morgan fingerprint density at radius 3 is 2.57 bits per heavy atom. The van der Waals surface area contributed by atoms with Gasteiger partial charge in [0, 0.05) is 24.3 Å². The predicted molar refractivity (Wildman–Crippen MR) is 87.4 cm³/mol. The molecule has 0 bridgehead atoms. The van der Waals surface area contributed by atoms with Crippen molar-refractivity contribution in [2.45, 2.75) is 26.3 Å². The first-order valence-corrected chi connectivity index (χ1v) is 7.52. The van der Waals surface area contributed by atoms with Gasteiger partial charge in [-0.05, 0) is 48.2 Å². The molecule has 0 fully saturated rings. The summed E-state index contributed by atoms with van der Waals surface area (Å²) in [5.74, 6) is 0. The van der Waals surface area contributed by atoms with Crippen molar-refractivity contribution in [3.05, 3.63) is 65.5 Å². The first kappa shape index (κ1) is 13.8. The zero-order chi connectivity index (χ0) is 14.7. The molecule has 1 aromatic carbocycles. The summed E-state index contributed by atoms with van der Waals surface area (Å²) in [5.41, 5.74) is 10.7. The normalized spacial score (nSPS) is 11.1. The first-order valence-electron chi connectivity index (χ1n) is 7.52. The fourth-order valence-corrected chi connectivity index (χ4v) is 2.75. The van der Waals surface area contributed by atoms with Gasteiger partial charge in [0.2, 0.25) is 0 Å². The number of fused-ring (bicyclic) bond motifs is 1. The molecule has 3 heteroatoms. The van der Waals surface area contributed by atoms with E-state index in [1.54, 1.807) is 0 Å². The Bertz CT molecular complexity index is 726. The summed E-state index contributed by atoms with van der Waals surface area (Å²) in [5, 5.41) is 1.22. The molecule has 2 heterocycles. The molecular formula is C18H21N3. The van der Waals surface area contributed by atoms with Gasteiger partial charge >= 0.3 is 0 Å². The molecule has 0 atom stereocenters. The summed E-state index contributed by atoms with van der Waals surface area (Å²) in [4.78, 5) is 4.54. The van der Waals surface area contributed by atoms with Crippen molar-refractivity contribution in [1.82, 2.24) is 9.55 Å². The molecule has 0 unspecified atom stereocenters. The number of nitrogens with two attached hydrogens (primary N) is 1. The lowest BCUT2D eigenvalue weighted by atomic mass is 10.1. The van der Waals surface area contributed by atoms with E-state index >= 15 is 0 Å². The molecule has 21 heavy (non-hydrogen) atoms. The van der Waals surface area contributed by atoms with Crippen LogP contribution in [0, 0.1) is 0 Å². The summed E-state index contributed by atoms with van der Waals surface area (Å²) in [6.45, 7) is 3.69. The van der Waals surface area contributed by atoms with Crippen molar-refractivity contribution in [3.63, 3.8) is 0 Å². The van der Waals surface area contributed by atoms with Crippen LogP contribution in [0.15, 0.2) is 48.8 Å². The number of hydrogen-bond donors (Lipinski definition) is 1. The van der Waals surface area contributed by atoms with Crippen LogP contribution in [0.3, 0.4) is 0 Å². The molecular weight excluding hydrogens is 258 g/mol. The summed E-state index contributed by atoms with van der Waals surface area (Å²) in [7, 11) is 0. The van der Waals surface area contributed by atoms with E-state index in [-0.39, 0.29) is 0 Å². The lowest BCUT2D eigenvalue weighted by Gasteiger charge is -2.06. The quantitative estimate of drug-likeness (QED) is 0.779. The Kier molecular flexibility index (Phi) is 4.02. The maximum absolute atomic E-state index is 5.72. The van der Waals surface area contributed by atoms with Crippen molar-refractivity contribution in [3.8, 4) is 0 Å². The predicted octanol–water partition coefficient (Wildman–Crippen LogP) is 3.15. The number of nitrogens with zero attached hydrogens (tertiary/aromatic N) is 2. The van der Waals surface area contributed by atoms with Gasteiger partial charge in [0.05, 0.1) is 0 Å². The van der Waals surface area contributed by atoms with Crippen LogP contribution >= 0.6 is 0 Å². The number of rotatable bonds is 5. The van der Waals surface area contributed by atoms with Crippen molar-refractivity contribution in [2.75, 3.05) is 6.54 Å². The SMILES string of the molecule is CCc1ccc(Cn2cc(CCN)c3cccnc32)cc1. The van der Waals surface area contributed by atoms with E-state index in [0.29, 0.717) is 6.54 Å². The minimum atomic E-state index is 0.666. The third-order valence-corrected chi connectivity index (χ3v) is 3.91. The maximum Gasteiger partial charge on any atom is 0.140 e. The second-order valence-corrected chi connectivity index (χ2v) is 5.37. The molecule has 0 saturated carbocycles. The summed E-state index contributed by atoms with van der Waals surface area (Å²) in [6.07, 6.45) is 6.02. The van der Waals surface area contributed by atoms with E-state index in [1.807, 2.05) is 12.3 Å². The van der Waals surface area contributed by atoms with Crippen LogP contribution in [-0.2, 0) is 19.4 Å². The Morgan fingerprint density at radius 1 is 1.10 bits per heavy atom. The average molecular weight is 279 g/mol. The topological polar surface area (TPSA) is 43.8 Å². The van der Waals surface area contributed by atoms with Crippen LogP contribution in [0.25, 0.3) is 11.0 Å². The highest BCUT2D eigenvalue weighted by molar-refractivity contribution is 5.80. The van der Waals surface area contributed by atoms with E-state index in [9.17, 15) is 0 Å². The first-order chi connectivity index (χ1) is 10.3. The minimum absolute atomic E-state index is 0.666. The monoisotopic (exact) mass is 279 g/mol. The zero-order valence-electron chi connectivity index (χ0n) is 12.4. The number of benzene rings is 1. The van der Waals surface area contributed by atoms with Gasteiger partial charge in [-0.1, -0.05) is 31.2 Å². The Hall–Kier alpha value is -2.13. The van der Waals surface area contributed by atoms with Gasteiger partial charge in [0.15, 0.2) is 0 Å². The van der Waals surface area contributed by atoms with Crippen LogP contribution in [0.4, 0.5) is 0 Å². The van der Waals surface area contributed by atoms with Crippen LogP contribution in [0.1, 0.15) is 23.6 Å². The van der Waals surface area contributed by atoms with Gasteiger partial charge < -0.3 is 10.3 Å². The molecule has 108 valence electrons. The second-order valence-electron chi connectivity index (χ2n) is 5.37. The summed E-state index contributed by atoms with van der Waals surface area (Å²) < 4.78 is 2.22. The zero-order valence-corrected chi connectivity index (χ0v) is 12.4. The van der Waals surface area contributed by atoms with Gasteiger partial charge in [-0.3, -0.25) is 0 Å². The summed E-state index contributed by atoms with van der Waals surface area (Å²) in [6, 6.07) is 12.9. The fraction of sp³-hybridized carbons (Fsp3) is 0.278. The van der Waals surface area contributed by atoms with Gasteiger partial charge in [-0.15, -0.1) is 0 Å². The number of pyridine rings is 1. The Morgan fingerprint density at radius 2 is 1.86 bits per heavy atom. The molecule has 0 saturated heterocycles. The molecule has 3 nitrogen and oxygen atoms in total. The molecule has 2 N–H and O–H groups in total. The smallest absolute Gasteiger partial charge is 0.140 e. The van der Waals surface area contributed by atoms with E-state index in [1.165, 1.54) is 22.1 Å². The molecule has 0 aliphatic heterocycles. The highest BCUT2D eigenvalue weighted by atomic mass is 15.0. The van der Waals surface area contributed by atoms with Gasteiger partial charge in [0.1, 0.15) is 5.65 Å². The van der Waals surface area contributed by atoms with Gasteiger partial charge in [-0.2, -0.15) is 0 Å². The number of aromatic nitrogens is 2. The number of hydrogen-bond acceptors (Lipinski definition) is 2. The molecule has 3 rings (SSSR count). The van der Waals surface area contributed by atoms with Crippen molar-refractivity contribution in [2.24, 2.45) is 5.73 Å².